The maximum absolute atomic E-state index is 8.77. The average Bonchev–Trinajstić information content (AvgIpc) is 2.89. The Morgan fingerprint density at radius 2 is 1.84 bits per heavy atom. The molecular weight excluding hydrogens is 256 g/mol. The minimum atomic E-state index is 0.139. The van der Waals surface area contributed by atoms with E-state index in [4.69, 9.17) is 5.11 Å². The van der Waals surface area contributed by atoms with E-state index in [0.29, 0.717) is 6.54 Å². The summed E-state index contributed by atoms with van der Waals surface area (Å²) < 4.78 is 1.21. The highest BCUT2D eigenvalue weighted by atomic mass is 32.1. The van der Waals surface area contributed by atoms with Gasteiger partial charge in [-0.25, -0.2) is 4.98 Å². The van der Waals surface area contributed by atoms with Crippen LogP contribution in [0.4, 0.5) is 5.69 Å². The van der Waals surface area contributed by atoms with Gasteiger partial charge in [-0.15, -0.1) is 11.3 Å². The molecule has 3 rings (SSSR count). The van der Waals surface area contributed by atoms with Gasteiger partial charge in [-0.05, 0) is 36.4 Å². The van der Waals surface area contributed by atoms with Crippen molar-refractivity contribution in [3.8, 4) is 10.6 Å². The fraction of sp³-hybridized carbons (Fsp3) is 0.133. The van der Waals surface area contributed by atoms with Gasteiger partial charge in [0.2, 0.25) is 0 Å². The Hall–Kier alpha value is -1.91. The predicted octanol–water partition coefficient (Wildman–Crippen LogP) is 3.37. The maximum atomic E-state index is 8.77. The lowest BCUT2D eigenvalue weighted by Gasteiger charge is -2.04. The minimum absolute atomic E-state index is 0.139. The van der Waals surface area contributed by atoms with Gasteiger partial charge in [0, 0.05) is 17.8 Å². The maximum Gasteiger partial charge on any atom is 0.124 e. The molecule has 0 radical (unpaired) electrons. The molecule has 0 fully saturated rings. The van der Waals surface area contributed by atoms with Crippen LogP contribution in [-0.4, -0.2) is 23.2 Å². The number of rotatable bonds is 4. The lowest BCUT2D eigenvalue weighted by atomic mass is 10.2. The Labute approximate surface area is 115 Å². The highest BCUT2D eigenvalue weighted by molar-refractivity contribution is 7.21. The van der Waals surface area contributed by atoms with Crippen LogP contribution in [0, 0.1) is 0 Å². The number of fused-ring (bicyclic) bond motifs is 1. The molecule has 0 saturated carbocycles. The van der Waals surface area contributed by atoms with Crippen molar-refractivity contribution in [2.45, 2.75) is 0 Å². The first-order chi connectivity index (χ1) is 9.36. The monoisotopic (exact) mass is 270 g/mol. The molecule has 2 N–H and O–H groups in total. The molecule has 0 unspecified atom stereocenters. The molecule has 3 aromatic rings. The SMILES string of the molecule is OCCNc1ccc(-c2nc3ccccc3s2)cc1. The van der Waals surface area contributed by atoms with Crippen LogP contribution in [-0.2, 0) is 0 Å². The summed E-state index contributed by atoms with van der Waals surface area (Å²) in [5.41, 5.74) is 3.18. The zero-order valence-electron chi connectivity index (χ0n) is 10.3. The zero-order chi connectivity index (χ0) is 13.1. The van der Waals surface area contributed by atoms with Crippen molar-refractivity contribution in [3.05, 3.63) is 48.5 Å². The number of aromatic nitrogens is 1. The number of benzene rings is 2. The molecule has 0 saturated heterocycles. The molecule has 1 aromatic heterocycles. The van der Waals surface area contributed by atoms with Crippen LogP contribution in [0.15, 0.2) is 48.5 Å². The van der Waals surface area contributed by atoms with E-state index in [-0.39, 0.29) is 6.61 Å². The number of nitrogens with one attached hydrogen (secondary N) is 1. The van der Waals surface area contributed by atoms with Gasteiger partial charge >= 0.3 is 0 Å². The molecule has 2 aromatic carbocycles. The van der Waals surface area contributed by atoms with Crippen LogP contribution in [0.2, 0.25) is 0 Å². The average molecular weight is 270 g/mol. The largest absolute Gasteiger partial charge is 0.395 e. The van der Waals surface area contributed by atoms with Crippen LogP contribution in [0.1, 0.15) is 0 Å². The van der Waals surface area contributed by atoms with Crippen molar-refractivity contribution in [2.75, 3.05) is 18.5 Å². The molecule has 0 bridgehead atoms. The Kier molecular flexibility index (Phi) is 3.44. The summed E-state index contributed by atoms with van der Waals surface area (Å²) in [6, 6.07) is 16.3. The summed E-state index contributed by atoms with van der Waals surface area (Å²) in [6.07, 6.45) is 0. The van der Waals surface area contributed by atoms with Crippen molar-refractivity contribution in [2.24, 2.45) is 0 Å². The third-order valence-corrected chi connectivity index (χ3v) is 3.95. The van der Waals surface area contributed by atoms with Crippen LogP contribution in [0.25, 0.3) is 20.8 Å². The quantitative estimate of drug-likeness (QED) is 0.764. The highest BCUT2D eigenvalue weighted by Gasteiger charge is 2.05. The molecule has 1 heterocycles. The number of anilines is 1. The van der Waals surface area contributed by atoms with Crippen LogP contribution < -0.4 is 5.32 Å². The van der Waals surface area contributed by atoms with Crippen LogP contribution in [0.3, 0.4) is 0 Å². The minimum Gasteiger partial charge on any atom is -0.395 e. The molecule has 0 aliphatic rings. The molecular formula is C15H14N2OS. The molecule has 4 heteroatoms. The number of para-hydroxylation sites is 1. The Morgan fingerprint density at radius 1 is 1.05 bits per heavy atom. The molecule has 96 valence electrons. The van der Waals surface area contributed by atoms with Gasteiger partial charge in [-0.3, -0.25) is 0 Å². The normalized spacial score (nSPS) is 10.8. The number of hydrogen-bond donors (Lipinski definition) is 2. The third-order valence-electron chi connectivity index (χ3n) is 2.87. The molecule has 19 heavy (non-hydrogen) atoms. The van der Waals surface area contributed by atoms with Crippen molar-refractivity contribution < 1.29 is 5.11 Å². The second kappa shape index (κ2) is 5.38. The zero-order valence-corrected chi connectivity index (χ0v) is 11.2. The Balaban J connectivity index is 1.88. The fourth-order valence-electron chi connectivity index (χ4n) is 1.93. The summed E-state index contributed by atoms with van der Waals surface area (Å²) in [7, 11) is 0. The summed E-state index contributed by atoms with van der Waals surface area (Å²) in [4.78, 5) is 4.63. The molecule has 0 aliphatic heterocycles. The van der Waals surface area contributed by atoms with Gasteiger partial charge in [-0.2, -0.15) is 0 Å². The van der Waals surface area contributed by atoms with Gasteiger partial charge in [0.05, 0.1) is 16.8 Å². The highest BCUT2D eigenvalue weighted by Crippen LogP contribution is 2.30. The van der Waals surface area contributed by atoms with Crippen LogP contribution >= 0.6 is 11.3 Å². The standard InChI is InChI=1S/C15H14N2OS/c18-10-9-16-12-7-5-11(6-8-12)15-17-13-3-1-2-4-14(13)19-15/h1-8,16,18H,9-10H2. The second-order valence-corrected chi connectivity index (χ2v) is 5.25. The van der Waals surface area contributed by atoms with E-state index >= 15 is 0 Å². The van der Waals surface area contributed by atoms with E-state index in [2.05, 4.69) is 28.5 Å². The Morgan fingerprint density at radius 3 is 2.58 bits per heavy atom. The van der Waals surface area contributed by atoms with E-state index in [0.717, 1.165) is 21.8 Å². The van der Waals surface area contributed by atoms with Crippen LogP contribution in [0.5, 0.6) is 0 Å². The number of hydrogen-bond acceptors (Lipinski definition) is 4. The number of aliphatic hydroxyl groups is 1. The second-order valence-electron chi connectivity index (χ2n) is 4.21. The van der Waals surface area contributed by atoms with E-state index in [9.17, 15) is 0 Å². The van der Waals surface area contributed by atoms with Crippen molar-refractivity contribution in [1.82, 2.24) is 4.98 Å². The molecule has 3 nitrogen and oxygen atoms in total. The van der Waals surface area contributed by atoms with E-state index in [1.54, 1.807) is 11.3 Å². The smallest absolute Gasteiger partial charge is 0.124 e. The summed E-state index contributed by atoms with van der Waals surface area (Å²) in [6.45, 7) is 0.708. The van der Waals surface area contributed by atoms with Crippen molar-refractivity contribution >= 4 is 27.2 Å². The number of nitrogens with zero attached hydrogens (tertiary/aromatic N) is 1. The number of aliphatic hydroxyl groups excluding tert-OH is 1. The predicted molar refractivity (Wildman–Crippen MR) is 80.6 cm³/mol. The lowest BCUT2D eigenvalue weighted by Crippen LogP contribution is -2.04. The van der Waals surface area contributed by atoms with Gasteiger partial charge in [0.1, 0.15) is 5.01 Å². The molecule has 0 atom stereocenters. The van der Waals surface area contributed by atoms with Crippen molar-refractivity contribution in [3.63, 3.8) is 0 Å². The molecule has 0 amide bonds. The Bertz CT molecular complexity index is 643. The van der Waals surface area contributed by atoms with E-state index < -0.39 is 0 Å². The first-order valence-electron chi connectivity index (χ1n) is 6.17. The van der Waals surface area contributed by atoms with Gasteiger partial charge in [0.15, 0.2) is 0 Å². The first kappa shape index (κ1) is 12.1. The fourth-order valence-corrected chi connectivity index (χ4v) is 2.90. The topological polar surface area (TPSA) is 45.1 Å². The van der Waals surface area contributed by atoms with Gasteiger partial charge in [-0.1, -0.05) is 12.1 Å². The third kappa shape index (κ3) is 2.59. The lowest BCUT2D eigenvalue weighted by molar-refractivity contribution is 0.311. The summed E-state index contributed by atoms with van der Waals surface area (Å²) in [5.74, 6) is 0. The number of thiazole rings is 1. The van der Waals surface area contributed by atoms with Gasteiger partial charge < -0.3 is 10.4 Å². The van der Waals surface area contributed by atoms with E-state index in [1.807, 2.05) is 30.3 Å². The summed E-state index contributed by atoms with van der Waals surface area (Å²) >= 11 is 1.70. The molecule has 0 aliphatic carbocycles. The van der Waals surface area contributed by atoms with E-state index in [1.165, 1.54) is 4.70 Å². The molecule has 0 spiro atoms. The van der Waals surface area contributed by atoms with Gasteiger partial charge in [0.25, 0.3) is 0 Å². The van der Waals surface area contributed by atoms with Crippen molar-refractivity contribution in [1.29, 1.82) is 0 Å². The first-order valence-corrected chi connectivity index (χ1v) is 6.99. The summed E-state index contributed by atoms with van der Waals surface area (Å²) in [5, 5.41) is 12.9.